The van der Waals surface area contributed by atoms with Crippen LogP contribution in [0.1, 0.15) is 36.1 Å². The third-order valence-electron chi connectivity index (χ3n) is 5.40. The normalized spacial score (nSPS) is 21.0. The van der Waals surface area contributed by atoms with Gasteiger partial charge in [0.1, 0.15) is 5.82 Å². The number of anilines is 1. The summed E-state index contributed by atoms with van der Waals surface area (Å²) in [7, 11) is 0. The zero-order valence-electron chi connectivity index (χ0n) is 15.9. The quantitative estimate of drug-likeness (QED) is 0.709. The first-order valence-corrected chi connectivity index (χ1v) is 10.1. The van der Waals surface area contributed by atoms with Crippen molar-refractivity contribution in [3.63, 3.8) is 0 Å². The number of nitrogens with zero attached hydrogens (tertiary/aromatic N) is 3. The highest BCUT2D eigenvalue weighted by Crippen LogP contribution is 2.23. The molecule has 0 saturated heterocycles. The summed E-state index contributed by atoms with van der Waals surface area (Å²) in [6.45, 7) is 1.24. The number of rotatable bonds is 4. The summed E-state index contributed by atoms with van der Waals surface area (Å²) < 4.78 is 13.3. The molecular formula is C20H23ClFN5O2. The SMILES string of the molecule is O=C(NCc1ccc(F)c(Cl)c1)N1CCc2cnc(N[C@H]3CC[C@H](O)C3)nc2C1. The zero-order valence-corrected chi connectivity index (χ0v) is 16.6. The lowest BCUT2D eigenvalue weighted by Crippen LogP contribution is -2.42. The van der Waals surface area contributed by atoms with E-state index in [1.807, 2.05) is 6.20 Å². The van der Waals surface area contributed by atoms with Crippen molar-refractivity contribution < 1.29 is 14.3 Å². The van der Waals surface area contributed by atoms with Gasteiger partial charge < -0.3 is 20.6 Å². The van der Waals surface area contributed by atoms with Gasteiger partial charge in [-0.15, -0.1) is 0 Å². The Morgan fingerprint density at radius 3 is 3.00 bits per heavy atom. The van der Waals surface area contributed by atoms with E-state index >= 15 is 0 Å². The van der Waals surface area contributed by atoms with Crippen LogP contribution in [0, 0.1) is 5.82 Å². The molecular weight excluding hydrogens is 397 g/mol. The number of halogens is 2. The van der Waals surface area contributed by atoms with Gasteiger partial charge in [0, 0.05) is 25.3 Å². The molecule has 0 unspecified atom stereocenters. The first-order chi connectivity index (χ1) is 14.0. The van der Waals surface area contributed by atoms with E-state index in [-0.39, 0.29) is 29.7 Å². The van der Waals surface area contributed by atoms with E-state index in [9.17, 15) is 14.3 Å². The van der Waals surface area contributed by atoms with Crippen molar-refractivity contribution in [3.05, 3.63) is 52.1 Å². The van der Waals surface area contributed by atoms with E-state index in [0.717, 1.165) is 29.7 Å². The van der Waals surface area contributed by atoms with Crippen LogP contribution in [0.3, 0.4) is 0 Å². The first-order valence-electron chi connectivity index (χ1n) is 9.74. The lowest BCUT2D eigenvalue weighted by molar-refractivity contribution is 0.182. The Kier molecular flexibility index (Phi) is 5.82. The molecule has 2 amide bonds. The second-order valence-corrected chi connectivity index (χ2v) is 7.96. The number of aliphatic hydroxyl groups is 1. The minimum Gasteiger partial charge on any atom is -0.393 e. The molecule has 1 aromatic heterocycles. The number of hydrogen-bond donors (Lipinski definition) is 3. The Labute approximate surface area is 173 Å². The van der Waals surface area contributed by atoms with Crippen molar-refractivity contribution >= 4 is 23.6 Å². The fraction of sp³-hybridized carbons (Fsp3) is 0.450. The predicted molar refractivity (Wildman–Crippen MR) is 107 cm³/mol. The Balaban J connectivity index is 1.36. The summed E-state index contributed by atoms with van der Waals surface area (Å²) in [5, 5.41) is 15.8. The molecule has 29 heavy (non-hydrogen) atoms. The van der Waals surface area contributed by atoms with E-state index in [0.29, 0.717) is 31.9 Å². The second-order valence-electron chi connectivity index (χ2n) is 7.55. The molecule has 1 aliphatic heterocycles. The molecule has 2 atom stereocenters. The fourth-order valence-electron chi connectivity index (χ4n) is 3.76. The van der Waals surface area contributed by atoms with Gasteiger partial charge in [-0.05, 0) is 48.9 Å². The average Bonchev–Trinajstić information content (AvgIpc) is 3.12. The molecule has 4 rings (SSSR count). The number of aliphatic hydroxyl groups excluding tert-OH is 1. The maximum absolute atomic E-state index is 13.3. The molecule has 2 heterocycles. The topological polar surface area (TPSA) is 90.4 Å². The molecule has 3 N–H and O–H groups in total. The van der Waals surface area contributed by atoms with Gasteiger partial charge in [-0.2, -0.15) is 0 Å². The predicted octanol–water partition coefficient (Wildman–Crippen LogP) is 2.86. The average molecular weight is 420 g/mol. The number of amides is 2. The van der Waals surface area contributed by atoms with Crippen molar-refractivity contribution in [2.24, 2.45) is 0 Å². The molecule has 0 bridgehead atoms. The van der Waals surface area contributed by atoms with Crippen LogP contribution >= 0.6 is 11.6 Å². The molecule has 0 spiro atoms. The second kappa shape index (κ2) is 8.51. The van der Waals surface area contributed by atoms with Crippen molar-refractivity contribution in [2.45, 2.75) is 50.9 Å². The Hall–Kier alpha value is -2.45. The molecule has 7 nitrogen and oxygen atoms in total. The summed E-state index contributed by atoms with van der Waals surface area (Å²) in [5.74, 6) is 0.0525. The van der Waals surface area contributed by atoms with E-state index in [1.165, 1.54) is 12.1 Å². The highest BCUT2D eigenvalue weighted by molar-refractivity contribution is 6.30. The zero-order chi connectivity index (χ0) is 20.4. The van der Waals surface area contributed by atoms with E-state index in [4.69, 9.17) is 11.6 Å². The summed E-state index contributed by atoms with van der Waals surface area (Å²) in [4.78, 5) is 23.2. The van der Waals surface area contributed by atoms with Crippen LogP contribution in [0.15, 0.2) is 24.4 Å². The number of carbonyl (C=O) groups is 1. The summed E-state index contributed by atoms with van der Waals surface area (Å²) in [6.07, 6.45) is 4.61. The molecule has 154 valence electrons. The number of nitrogens with one attached hydrogen (secondary N) is 2. The molecule has 2 aromatic rings. The van der Waals surface area contributed by atoms with Crippen LogP contribution in [0.5, 0.6) is 0 Å². The molecule has 1 aliphatic carbocycles. The van der Waals surface area contributed by atoms with Gasteiger partial charge in [-0.25, -0.2) is 19.2 Å². The molecule has 1 saturated carbocycles. The van der Waals surface area contributed by atoms with Crippen molar-refractivity contribution in [3.8, 4) is 0 Å². The number of aromatic nitrogens is 2. The Morgan fingerprint density at radius 1 is 1.38 bits per heavy atom. The van der Waals surface area contributed by atoms with Crippen molar-refractivity contribution in [1.82, 2.24) is 20.2 Å². The van der Waals surface area contributed by atoms with Crippen LogP contribution in [0.4, 0.5) is 15.1 Å². The third kappa shape index (κ3) is 4.76. The van der Waals surface area contributed by atoms with E-state index < -0.39 is 5.82 Å². The van der Waals surface area contributed by atoms with Gasteiger partial charge in [-0.3, -0.25) is 0 Å². The summed E-state index contributed by atoms with van der Waals surface area (Å²) in [5.41, 5.74) is 2.60. The Bertz CT molecular complexity index is 912. The molecule has 9 heteroatoms. The lowest BCUT2D eigenvalue weighted by atomic mass is 10.1. The molecule has 2 aliphatic rings. The van der Waals surface area contributed by atoms with Gasteiger partial charge in [-0.1, -0.05) is 17.7 Å². The number of urea groups is 1. The highest BCUT2D eigenvalue weighted by atomic mass is 35.5. The van der Waals surface area contributed by atoms with Crippen LogP contribution in [-0.2, 0) is 19.5 Å². The van der Waals surface area contributed by atoms with Gasteiger partial charge in [0.25, 0.3) is 0 Å². The lowest BCUT2D eigenvalue weighted by Gasteiger charge is -2.28. The maximum atomic E-state index is 13.3. The number of hydrogen-bond acceptors (Lipinski definition) is 5. The van der Waals surface area contributed by atoms with E-state index in [2.05, 4.69) is 20.6 Å². The maximum Gasteiger partial charge on any atom is 0.318 e. The van der Waals surface area contributed by atoms with Crippen molar-refractivity contribution in [1.29, 1.82) is 0 Å². The smallest absolute Gasteiger partial charge is 0.318 e. The van der Waals surface area contributed by atoms with Crippen LogP contribution in [0.25, 0.3) is 0 Å². The Morgan fingerprint density at radius 2 is 2.24 bits per heavy atom. The number of carbonyl (C=O) groups excluding carboxylic acids is 1. The molecule has 0 radical (unpaired) electrons. The van der Waals surface area contributed by atoms with Gasteiger partial charge in [0.2, 0.25) is 5.95 Å². The molecule has 1 fully saturated rings. The number of benzene rings is 1. The van der Waals surface area contributed by atoms with Crippen LogP contribution in [0.2, 0.25) is 5.02 Å². The minimum atomic E-state index is -0.481. The van der Waals surface area contributed by atoms with Crippen molar-refractivity contribution in [2.75, 3.05) is 11.9 Å². The van der Waals surface area contributed by atoms with E-state index in [1.54, 1.807) is 11.0 Å². The number of fused-ring (bicyclic) bond motifs is 1. The standard InChI is InChI=1S/C20H23ClFN5O2/c21-16-7-12(1-4-17(16)22)9-24-20(29)27-6-5-13-10-23-19(26-18(13)11-27)25-14-2-3-15(28)8-14/h1,4,7,10,14-15,28H,2-3,5-6,8-9,11H2,(H,24,29)(H,23,25,26)/t14-,15-/m0/s1. The summed E-state index contributed by atoms with van der Waals surface area (Å²) in [6, 6.07) is 4.36. The fourth-order valence-corrected chi connectivity index (χ4v) is 3.96. The minimum absolute atomic E-state index is 0.0372. The van der Waals surface area contributed by atoms with Gasteiger partial charge >= 0.3 is 6.03 Å². The van der Waals surface area contributed by atoms with Gasteiger partial charge in [0.15, 0.2) is 0 Å². The van der Waals surface area contributed by atoms with Gasteiger partial charge in [0.05, 0.1) is 23.4 Å². The molecule has 1 aromatic carbocycles. The monoisotopic (exact) mass is 419 g/mol. The first kappa shape index (κ1) is 19.8. The largest absolute Gasteiger partial charge is 0.393 e. The third-order valence-corrected chi connectivity index (χ3v) is 5.69. The highest BCUT2D eigenvalue weighted by Gasteiger charge is 2.25. The van der Waals surface area contributed by atoms with Crippen LogP contribution < -0.4 is 10.6 Å². The van der Waals surface area contributed by atoms with Crippen LogP contribution in [-0.4, -0.2) is 44.7 Å². The summed E-state index contributed by atoms with van der Waals surface area (Å²) >= 11 is 5.79.